The lowest BCUT2D eigenvalue weighted by Crippen LogP contribution is -2.46. The molecule has 1 aliphatic rings. The monoisotopic (exact) mass is 299 g/mol. The van der Waals surface area contributed by atoms with Gasteiger partial charge in [-0.15, -0.1) is 0 Å². The molecular formula is C14H22FN3O3. The lowest BCUT2D eigenvalue weighted by atomic mass is 9.78. The number of aliphatic hydroxyl groups excluding tert-OH is 1. The first-order valence-corrected chi connectivity index (χ1v) is 7.05. The number of aromatic nitrogens is 2. The van der Waals surface area contributed by atoms with Crippen molar-refractivity contribution in [3.05, 3.63) is 12.0 Å². The minimum absolute atomic E-state index is 0.0583. The second-order valence-corrected chi connectivity index (χ2v) is 5.45. The van der Waals surface area contributed by atoms with Crippen LogP contribution in [0.2, 0.25) is 0 Å². The molecule has 1 saturated heterocycles. The maximum Gasteiger partial charge on any atom is 0.255 e. The van der Waals surface area contributed by atoms with Crippen LogP contribution in [-0.4, -0.2) is 55.6 Å². The van der Waals surface area contributed by atoms with Crippen molar-refractivity contribution < 1.29 is 19.0 Å². The normalized spacial score (nSPS) is 22.4. The largest absolute Gasteiger partial charge is 0.479 e. The molecule has 21 heavy (non-hydrogen) atoms. The van der Waals surface area contributed by atoms with Gasteiger partial charge in [-0.3, -0.25) is 0 Å². The first-order chi connectivity index (χ1) is 10.1. The fraction of sp³-hybridized carbons (Fsp3) is 0.714. The highest BCUT2D eigenvalue weighted by Crippen LogP contribution is 2.34. The van der Waals surface area contributed by atoms with E-state index in [2.05, 4.69) is 9.97 Å². The number of nitrogens with zero attached hydrogens (tertiary/aromatic N) is 3. The van der Waals surface area contributed by atoms with Gasteiger partial charge in [0.15, 0.2) is 0 Å². The van der Waals surface area contributed by atoms with E-state index in [1.165, 1.54) is 7.11 Å². The second kappa shape index (κ2) is 7.00. The number of hydrogen-bond donors (Lipinski definition) is 1. The molecule has 0 saturated carbocycles. The van der Waals surface area contributed by atoms with Gasteiger partial charge in [0, 0.05) is 32.2 Å². The molecule has 1 N–H and O–H groups in total. The standard InChI is InChI=1S/C14H22FN3O3/c1-20-7-5-14(10-19)4-3-6-18(9-14)13-16-8-11(15)12(17-13)21-2/h8,19H,3-7,9-10H2,1-2H3/t14-/m1/s1. The van der Waals surface area contributed by atoms with E-state index in [0.29, 0.717) is 19.1 Å². The van der Waals surface area contributed by atoms with E-state index in [1.54, 1.807) is 7.11 Å². The summed E-state index contributed by atoms with van der Waals surface area (Å²) >= 11 is 0. The summed E-state index contributed by atoms with van der Waals surface area (Å²) in [5.41, 5.74) is -0.223. The van der Waals surface area contributed by atoms with Gasteiger partial charge in [-0.25, -0.2) is 4.98 Å². The molecule has 0 aromatic carbocycles. The summed E-state index contributed by atoms with van der Waals surface area (Å²) in [7, 11) is 3.03. The Morgan fingerprint density at radius 2 is 2.29 bits per heavy atom. The molecule has 2 rings (SSSR count). The van der Waals surface area contributed by atoms with Crippen molar-refractivity contribution in [3.8, 4) is 5.88 Å². The van der Waals surface area contributed by atoms with Crippen LogP contribution < -0.4 is 9.64 Å². The highest BCUT2D eigenvalue weighted by Gasteiger charge is 2.35. The van der Waals surface area contributed by atoms with Crippen LogP contribution in [0.15, 0.2) is 6.20 Å². The van der Waals surface area contributed by atoms with Crippen molar-refractivity contribution >= 4 is 5.95 Å². The number of halogens is 1. The minimum atomic E-state index is -0.578. The van der Waals surface area contributed by atoms with E-state index in [-0.39, 0.29) is 17.9 Å². The Hall–Kier alpha value is -1.47. The number of anilines is 1. The molecule has 1 aliphatic heterocycles. The molecule has 7 heteroatoms. The average molecular weight is 299 g/mol. The summed E-state index contributed by atoms with van der Waals surface area (Å²) < 4.78 is 23.4. The van der Waals surface area contributed by atoms with E-state index in [0.717, 1.165) is 32.0 Å². The number of hydrogen-bond acceptors (Lipinski definition) is 6. The van der Waals surface area contributed by atoms with Crippen molar-refractivity contribution in [2.45, 2.75) is 19.3 Å². The molecule has 0 unspecified atom stereocenters. The fourth-order valence-corrected chi connectivity index (χ4v) is 2.75. The number of piperidine rings is 1. The summed E-state index contributed by atoms with van der Waals surface area (Å²) in [6, 6.07) is 0. The molecule has 6 nitrogen and oxygen atoms in total. The number of aliphatic hydroxyl groups is 1. The Kier molecular flexibility index (Phi) is 5.30. The van der Waals surface area contributed by atoms with Gasteiger partial charge in [0.05, 0.1) is 19.9 Å². The Morgan fingerprint density at radius 3 is 2.95 bits per heavy atom. The molecule has 0 amide bonds. The third kappa shape index (κ3) is 3.59. The molecule has 0 radical (unpaired) electrons. The quantitative estimate of drug-likeness (QED) is 0.852. The Balaban J connectivity index is 2.16. The minimum Gasteiger partial charge on any atom is -0.479 e. The third-order valence-electron chi connectivity index (χ3n) is 4.01. The lowest BCUT2D eigenvalue weighted by molar-refractivity contribution is 0.0622. The molecule has 1 atom stereocenters. The first-order valence-electron chi connectivity index (χ1n) is 7.05. The number of rotatable bonds is 6. The van der Waals surface area contributed by atoms with Gasteiger partial charge in [-0.05, 0) is 19.3 Å². The molecule has 0 aliphatic carbocycles. The zero-order valence-electron chi connectivity index (χ0n) is 12.5. The van der Waals surface area contributed by atoms with Gasteiger partial charge in [-0.1, -0.05) is 0 Å². The molecule has 2 heterocycles. The summed E-state index contributed by atoms with van der Waals surface area (Å²) in [4.78, 5) is 10.1. The number of ether oxygens (including phenoxy) is 2. The van der Waals surface area contributed by atoms with Gasteiger partial charge in [-0.2, -0.15) is 9.37 Å². The molecular weight excluding hydrogens is 277 g/mol. The third-order valence-corrected chi connectivity index (χ3v) is 4.01. The smallest absolute Gasteiger partial charge is 0.255 e. The van der Waals surface area contributed by atoms with Crippen LogP contribution in [0.4, 0.5) is 10.3 Å². The van der Waals surface area contributed by atoms with Crippen molar-refractivity contribution in [1.29, 1.82) is 0 Å². The van der Waals surface area contributed by atoms with Crippen molar-refractivity contribution in [3.63, 3.8) is 0 Å². The first kappa shape index (κ1) is 15.9. The topological polar surface area (TPSA) is 67.7 Å². The van der Waals surface area contributed by atoms with Gasteiger partial charge < -0.3 is 19.5 Å². The van der Waals surface area contributed by atoms with Crippen LogP contribution >= 0.6 is 0 Å². The molecule has 0 bridgehead atoms. The Labute approximate surface area is 123 Å². The fourth-order valence-electron chi connectivity index (χ4n) is 2.75. The van der Waals surface area contributed by atoms with E-state index >= 15 is 0 Å². The Morgan fingerprint density at radius 1 is 1.48 bits per heavy atom. The van der Waals surface area contributed by atoms with E-state index in [4.69, 9.17) is 9.47 Å². The predicted octanol–water partition coefficient (Wildman–Crippen LogP) is 1.24. The predicted molar refractivity (Wildman–Crippen MR) is 76.0 cm³/mol. The van der Waals surface area contributed by atoms with Crippen LogP contribution in [0.1, 0.15) is 19.3 Å². The Bertz CT molecular complexity index is 475. The highest BCUT2D eigenvalue weighted by atomic mass is 19.1. The molecule has 1 aromatic heterocycles. The molecule has 118 valence electrons. The van der Waals surface area contributed by atoms with E-state index < -0.39 is 5.82 Å². The van der Waals surface area contributed by atoms with Gasteiger partial charge in [0.25, 0.3) is 5.88 Å². The summed E-state index contributed by atoms with van der Waals surface area (Å²) in [6.45, 7) is 2.10. The van der Waals surface area contributed by atoms with Crippen molar-refractivity contribution in [2.75, 3.05) is 45.4 Å². The maximum absolute atomic E-state index is 13.4. The van der Waals surface area contributed by atoms with Crippen LogP contribution in [-0.2, 0) is 4.74 Å². The van der Waals surface area contributed by atoms with Crippen molar-refractivity contribution in [2.24, 2.45) is 5.41 Å². The van der Waals surface area contributed by atoms with Gasteiger partial charge in [0.1, 0.15) is 0 Å². The van der Waals surface area contributed by atoms with Gasteiger partial charge in [0.2, 0.25) is 11.8 Å². The summed E-state index contributed by atoms with van der Waals surface area (Å²) in [5.74, 6) is -0.202. The SMILES string of the molecule is COCC[C@]1(CO)CCCN(c2ncc(F)c(OC)n2)C1. The highest BCUT2D eigenvalue weighted by molar-refractivity contribution is 5.34. The maximum atomic E-state index is 13.4. The average Bonchev–Trinajstić information content (AvgIpc) is 2.53. The lowest BCUT2D eigenvalue weighted by Gasteiger charge is -2.41. The van der Waals surface area contributed by atoms with Crippen LogP contribution in [0, 0.1) is 11.2 Å². The molecule has 0 spiro atoms. The van der Waals surface area contributed by atoms with Crippen LogP contribution in [0.5, 0.6) is 5.88 Å². The zero-order valence-corrected chi connectivity index (χ0v) is 12.5. The zero-order chi connectivity index (χ0) is 15.3. The summed E-state index contributed by atoms with van der Waals surface area (Å²) in [5, 5.41) is 9.77. The van der Waals surface area contributed by atoms with Crippen LogP contribution in [0.3, 0.4) is 0 Å². The van der Waals surface area contributed by atoms with E-state index in [1.807, 2.05) is 4.90 Å². The van der Waals surface area contributed by atoms with E-state index in [9.17, 15) is 9.50 Å². The molecule has 1 fully saturated rings. The van der Waals surface area contributed by atoms with Crippen molar-refractivity contribution in [1.82, 2.24) is 9.97 Å². The van der Waals surface area contributed by atoms with Gasteiger partial charge >= 0.3 is 0 Å². The number of methoxy groups -OCH3 is 2. The summed E-state index contributed by atoms with van der Waals surface area (Å²) in [6.07, 6.45) is 3.75. The second-order valence-electron chi connectivity index (χ2n) is 5.45. The van der Waals surface area contributed by atoms with Crippen LogP contribution in [0.25, 0.3) is 0 Å². The molecule has 1 aromatic rings.